The van der Waals surface area contributed by atoms with E-state index in [0.29, 0.717) is 6.04 Å². The van der Waals surface area contributed by atoms with Crippen LogP contribution in [0.2, 0.25) is 0 Å². The first-order chi connectivity index (χ1) is 6.57. The molecule has 0 aliphatic heterocycles. The predicted molar refractivity (Wildman–Crippen MR) is 63.7 cm³/mol. The highest BCUT2D eigenvalue weighted by Crippen LogP contribution is 2.07. The lowest BCUT2D eigenvalue weighted by Gasteiger charge is -2.15. The number of amides is 1. The van der Waals surface area contributed by atoms with E-state index in [0.717, 1.165) is 23.6 Å². The molecule has 3 nitrogen and oxygen atoms in total. The van der Waals surface area contributed by atoms with Gasteiger partial charge in [-0.3, -0.25) is 4.79 Å². The molecule has 0 fully saturated rings. The first-order valence-corrected chi connectivity index (χ1v) is 5.88. The summed E-state index contributed by atoms with van der Waals surface area (Å²) in [5.74, 6) is 1.99. The van der Waals surface area contributed by atoms with Crippen molar-refractivity contribution in [2.24, 2.45) is 0 Å². The predicted octanol–water partition coefficient (Wildman–Crippen LogP) is 1.02. The molecule has 1 atom stereocenters. The molecule has 0 heterocycles. The van der Waals surface area contributed by atoms with Crippen LogP contribution in [0.3, 0.4) is 0 Å². The van der Waals surface area contributed by atoms with Crippen LogP contribution in [0.4, 0.5) is 0 Å². The van der Waals surface area contributed by atoms with Gasteiger partial charge in [0.2, 0.25) is 5.91 Å². The summed E-state index contributed by atoms with van der Waals surface area (Å²) < 4.78 is 0. The van der Waals surface area contributed by atoms with Gasteiger partial charge in [0.05, 0.1) is 0 Å². The van der Waals surface area contributed by atoms with Gasteiger partial charge in [-0.05, 0) is 14.0 Å². The Morgan fingerprint density at radius 1 is 1.50 bits per heavy atom. The lowest BCUT2D eigenvalue weighted by Crippen LogP contribution is -2.29. The van der Waals surface area contributed by atoms with Crippen molar-refractivity contribution in [1.29, 1.82) is 0 Å². The van der Waals surface area contributed by atoms with Gasteiger partial charge in [0, 0.05) is 31.0 Å². The molecule has 0 saturated heterocycles. The van der Waals surface area contributed by atoms with Crippen LogP contribution in [0, 0.1) is 0 Å². The first-order valence-electron chi connectivity index (χ1n) is 4.72. The van der Waals surface area contributed by atoms with Crippen LogP contribution < -0.4 is 10.6 Å². The number of nitrogens with one attached hydrogen (secondary N) is 2. The van der Waals surface area contributed by atoms with E-state index in [2.05, 4.69) is 17.2 Å². The molecule has 82 valence electrons. The highest BCUT2D eigenvalue weighted by atomic mass is 32.2. The lowest BCUT2D eigenvalue weighted by atomic mass is 10.2. The number of thioether (sulfide) groups is 1. The van der Waals surface area contributed by atoms with Crippen molar-refractivity contribution >= 4 is 17.7 Å². The standard InChI is InChI=1S/C10H20N2OS/c1-8(2)10(11-4)7-14-6-5-12-9(3)13/h10-11H,1,5-7H2,2-4H3,(H,12,13). The van der Waals surface area contributed by atoms with Gasteiger partial charge in [-0.15, -0.1) is 0 Å². The quantitative estimate of drug-likeness (QED) is 0.493. The summed E-state index contributed by atoms with van der Waals surface area (Å²) in [5, 5.41) is 5.96. The molecule has 2 N–H and O–H groups in total. The maximum Gasteiger partial charge on any atom is 0.216 e. The molecule has 1 unspecified atom stereocenters. The van der Waals surface area contributed by atoms with Gasteiger partial charge in [-0.2, -0.15) is 11.8 Å². The molecule has 0 radical (unpaired) electrons. The smallest absolute Gasteiger partial charge is 0.216 e. The van der Waals surface area contributed by atoms with Crippen LogP contribution in [0.5, 0.6) is 0 Å². The summed E-state index contributed by atoms with van der Waals surface area (Å²) >= 11 is 1.82. The molecule has 0 aromatic carbocycles. The fraction of sp³-hybridized carbons (Fsp3) is 0.700. The summed E-state index contributed by atoms with van der Waals surface area (Å²) in [6.45, 7) is 8.21. The Morgan fingerprint density at radius 3 is 2.57 bits per heavy atom. The minimum atomic E-state index is 0.0377. The minimum absolute atomic E-state index is 0.0377. The van der Waals surface area contributed by atoms with E-state index >= 15 is 0 Å². The fourth-order valence-electron chi connectivity index (χ4n) is 0.972. The van der Waals surface area contributed by atoms with E-state index in [9.17, 15) is 4.79 Å². The zero-order valence-electron chi connectivity index (χ0n) is 9.22. The Balaban J connectivity index is 3.42. The van der Waals surface area contributed by atoms with E-state index < -0.39 is 0 Å². The Labute approximate surface area is 90.7 Å². The van der Waals surface area contributed by atoms with Crippen LogP contribution in [0.15, 0.2) is 12.2 Å². The number of likely N-dealkylation sites (N-methyl/N-ethyl adjacent to an activating group) is 1. The van der Waals surface area contributed by atoms with Crippen molar-refractivity contribution in [3.8, 4) is 0 Å². The third kappa shape index (κ3) is 6.97. The summed E-state index contributed by atoms with van der Waals surface area (Å²) in [6.07, 6.45) is 0. The second kappa shape index (κ2) is 7.88. The van der Waals surface area contributed by atoms with Crippen molar-refractivity contribution in [2.45, 2.75) is 19.9 Å². The number of carbonyl (C=O) groups is 1. The third-order valence-electron chi connectivity index (χ3n) is 1.85. The monoisotopic (exact) mass is 216 g/mol. The highest BCUT2D eigenvalue weighted by Gasteiger charge is 2.05. The number of hydrogen-bond donors (Lipinski definition) is 2. The van der Waals surface area contributed by atoms with Gasteiger partial charge < -0.3 is 10.6 Å². The maximum absolute atomic E-state index is 10.6. The average molecular weight is 216 g/mol. The molecule has 0 aliphatic carbocycles. The van der Waals surface area contributed by atoms with E-state index in [1.807, 2.05) is 25.7 Å². The van der Waals surface area contributed by atoms with E-state index in [1.165, 1.54) is 6.92 Å². The van der Waals surface area contributed by atoms with Gasteiger partial charge in [0.15, 0.2) is 0 Å². The molecule has 0 bridgehead atoms. The summed E-state index contributed by atoms with van der Waals surface area (Å²) in [7, 11) is 1.94. The number of carbonyl (C=O) groups excluding carboxylic acids is 1. The molecule has 0 spiro atoms. The van der Waals surface area contributed by atoms with E-state index in [-0.39, 0.29) is 5.91 Å². The third-order valence-corrected chi connectivity index (χ3v) is 2.91. The van der Waals surface area contributed by atoms with Gasteiger partial charge in [-0.25, -0.2) is 0 Å². The molecule has 0 aliphatic rings. The molecule has 14 heavy (non-hydrogen) atoms. The van der Waals surface area contributed by atoms with Crippen molar-refractivity contribution in [2.75, 3.05) is 25.1 Å². The Kier molecular flexibility index (Phi) is 7.61. The fourth-order valence-corrected chi connectivity index (χ4v) is 2.07. The minimum Gasteiger partial charge on any atom is -0.356 e. The Bertz CT molecular complexity index is 195. The molecule has 1 amide bonds. The molecule has 0 aromatic rings. The van der Waals surface area contributed by atoms with Crippen LogP contribution in [0.1, 0.15) is 13.8 Å². The Hall–Kier alpha value is -0.480. The van der Waals surface area contributed by atoms with Crippen LogP contribution in [0.25, 0.3) is 0 Å². The molecule has 4 heteroatoms. The zero-order chi connectivity index (χ0) is 11.0. The van der Waals surface area contributed by atoms with Gasteiger partial charge in [-0.1, -0.05) is 12.2 Å². The highest BCUT2D eigenvalue weighted by molar-refractivity contribution is 7.99. The normalized spacial score (nSPS) is 12.2. The van der Waals surface area contributed by atoms with Crippen LogP contribution in [-0.4, -0.2) is 37.0 Å². The second-order valence-corrected chi connectivity index (χ2v) is 4.40. The molecule has 0 aromatic heterocycles. The van der Waals surface area contributed by atoms with E-state index in [4.69, 9.17) is 0 Å². The van der Waals surface area contributed by atoms with E-state index in [1.54, 1.807) is 0 Å². The Morgan fingerprint density at radius 2 is 2.14 bits per heavy atom. The topological polar surface area (TPSA) is 41.1 Å². The molecular weight excluding hydrogens is 196 g/mol. The van der Waals surface area contributed by atoms with Crippen molar-refractivity contribution < 1.29 is 4.79 Å². The molecule has 0 saturated carbocycles. The average Bonchev–Trinajstić information content (AvgIpc) is 2.10. The SMILES string of the molecule is C=C(C)C(CSCCNC(C)=O)NC. The van der Waals surface area contributed by atoms with Crippen molar-refractivity contribution in [3.63, 3.8) is 0 Å². The first kappa shape index (κ1) is 13.5. The summed E-state index contributed by atoms with van der Waals surface area (Å²) in [6, 6.07) is 0.373. The number of rotatable bonds is 7. The van der Waals surface area contributed by atoms with Crippen molar-refractivity contribution in [3.05, 3.63) is 12.2 Å². The summed E-state index contributed by atoms with van der Waals surface area (Å²) in [5.41, 5.74) is 1.15. The number of hydrogen-bond acceptors (Lipinski definition) is 3. The van der Waals surface area contributed by atoms with Crippen LogP contribution >= 0.6 is 11.8 Å². The molecule has 0 rings (SSSR count). The van der Waals surface area contributed by atoms with Gasteiger partial charge in [0.25, 0.3) is 0 Å². The van der Waals surface area contributed by atoms with Crippen molar-refractivity contribution in [1.82, 2.24) is 10.6 Å². The zero-order valence-corrected chi connectivity index (χ0v) is 10.0. The lowest BCUT2D eigenvalue weighted by molar-refractivity contribution is -0.118. The van der Waals surface area contributed by atoms with Gasteiger partial charge >= 0.3 is 0 Å². The molecular formula is C10H20N2OS. The summed E-state index contributed by atoms with van der Waals surface area (Å²) in [4.78, 5) is 10.6. The largest absolute Gasteiger partial charge is 0.356 e. The maximum atomic E-state index is 10.6. The van der Waals surface area contributed by atoms with Crippen LogP contribution in [-0.2, 0) is 4.79 Å². The van der Waals surface area contributed by atoms with Gasteiger partial charge in [0.1, 0.15) is 0 Å². The second-order valence-electron chi connectivity index (χ2n) is 3.25.